The lowest BCUT2D eigenvalue weighted by Crippen LogP contribution is -2.30. The third-order valence-electron chi connectivity index (χ3n) is 3.58. The zero-order valence-electron chi connectivity index (χ0n) is 13.4. The summed E-state index contributed by atoms with van der Waals surface area (Å²) in [6, 6.07) is 6.13. The van der Waals surface area contributed by atoms with Crippen molar-refractivity contribution in [3.8, 4) is 5.75 Å². The Labute approximate surface area is 134 Å². The summed E-state index contributed by atoms with van der Waals surface area (Å²) in [5.74, 6) is -0.650. The van der Waals surface area contributed by atoms with Crippen LogP contribution in [0.15, 0.2) is 30.5 Å². The predicted octanol–water partition coefficient (Wildman–Crippen LogP) is 3.03. The number of ketones is 1. The fourth-order valence-electron chi connectivity index (χ4n) is 2.25. The molecule has 2 rings (SSSR count). The van der Waals surface area contributed by atoms with Crippen LogP contribution >= 0.6 is 0 Å². The second kappa shape index (κ2) is 7.09. The lowest BCUT2D eigenvalue weighted by Gasteiger charge is -2.20. The second-order valence-corrected chi connectivity index (χ2v) is 5.15. The van der Waals surface area contributed by atoms with Crippen LogP contribution < -0.4 is 4.74 Å². The average molecular weight is 318 g/mol. The first-order valence-corrected chi connectivity index (χ1v) is 7.27. The molecule has 23 heavy (non-hydrogen) atoms. The van der Waals surface area contributed by atoms with E-state index >= 15 is 0 Å². The summed E-state index contributed by atoms with van der Waals surface area (Å²) in [4.78, 5) is 28.2. The standard InChI is InChI=1S/C17H19FN2O3/c1-4-20(10-12-5-6-16(23-3)14(18)7-12)17(22)15-8-13(9-19-15)11(2)21/h5-9,19H,4,10H2,1-3H3. The summed E-state index contributed by atoms with van der Waals surface area (Å²) in [6.45, 7) is 4.01. The number of hydrogen-bond donors (Lipinski definition) is 1. The Hall–Kier alpha value is -2.63. The van der Waals surface area contributed by atoms with E-state index in [2.05, 4.69) is 4.98 Å². The van der Waals surface area contributed by atoms with E-state index in [-0.39, 0.29) is 24.0 Å². The minimum absolute atomic E-state index is 0.111. The smallest absolute Gasteiger partial charge is 0.270 e. The van der Waals surface area contributed by atoms with Crippen molar-refractivity contribution >= 4 is 11.7 Å². The van der Waals surface area contributed by atoms with Crippen LogP contribution in [0.3, 0.4) is 0 Å². The van der Waals surface area contributed by atoms with Crippen molar-refractivity contribution in [3.63, 3.8) is 0 Å². The van der Waals surface area contributed by atoms with Gasteiger partial charge in [0.1, 0.15) is 5.69 Å². The van der Waals surface area contributed by atoms with Gasteiger partial charge in [-0.05, 0) is 37.6 Å². The molecule has 0 saturated heterocycles. The van der Waals surface area contributed by atoms with Gasteiger partial charge in [0.25, 0.3) is 5.91 Å². The summed E-state index contributed by atoms with van der Waals surface area (Å²) in [6.07, 6.45) is 1.51. The highest BCUT2D eigenvalue weighted by Crippen LogP contribution is 2.19. The van der Waals surface area contributed by atoms with Crippen molar-refractivity contribution in [2.75, 3.05) is 13.7 Å². The zero-order chi connectivity index (χ0) is 17.0. The van der Waals surface area contributed by atoms with Crippen molar-refractivity contribution in [1.29, 1.82) is 0 Å². The van der Waals surface area contributed by atoms with Gasteiger partial charge in [0, 0.05) is 24.8 Å². The molecule has 0 saturated carbocycles. The van der Waals surface area contributed by atoms with Gasteiger partial charge in [0.2, 0.25) is 0 Å². The van der Waals surface area contributed by atoms with Gasteiger partial charge in [-0.15, -0.1) is 0 Å². The number of carbonyl (C=O) groups is 2. The Morgan fingerprint density at radius 1 is 1.30 bits per heavy atom. The molecule has 0 radical (unpaired) electrons. The molecule has 6 heteroatoms. The molecule has 0 aliphatic rings. The molecular formula is C17H19FN2O3. The van der Waals surface area contributed by atoms with Crippen molar-refractivity contribution in [1.82, 2.24) is 9.88 Å². The molecule has 0 spiro atoms. The lowest BCUT2D eigenvalue weighted by molar-refractivity contribution is 0.0747. The van der Waals surface area contributed by atoms with Crippen LogP contribution in [0.25, 0.3) is 0 Å². The number of H-pyrrole nitrogens is 1. The van der Waals surface area contributed by atoms with Crippen molar-refractivity contribution in [2.45, 2.75) is 20.4 Å². The van der Waals surface area contributed by atoms with Crippen molar-refractivity contribution in [3.05, 3.63) is 53.1 Å². The Morgan fingerprint density at radius 3 is 2.57 bits per heavy atom. The monoisotopic (exact) mass is 318 g/mol. The molecular weight excluding hydrogens is 299 g/mol. The fraction of sp³-hybridized carbons (Fsp3) is 0.294. The number of hydrogen-bond acceptors (Lipinski definition) is 3. The molecule has 1 aromatic carbocycles. The average Bonchev–Trinajstić information content (AvgIpc) is 3.02. The number of halogens is 1. The molecule has 0 fully saturated rings. The number of nitrogens with one attached hydrogen (secondary N) is 1. The predicted molar refractivity (Wildman–Crippen MR) is 84.2 cm³/mol. The van der Waals surface area contributed by atoms with E-state index < -0.39 is 5.82 Å². The molecule has 5 nitrogen and oxygen atoms in total. The molecule has 0 aliphatic carbocycles. The third-order valence-corrected chi connectivity index (χ3v) is 3.58. The Balaban J connectivity index is 2.16. The van der Waals surface area contributed by atoms with Crippen molar-refractivity contribution in [2.24, 2.45) is 0 Å². The highest BCUT2D eigenvalue weighted by Gasteiger charge is 2.18. The minimum atomic E-state index is -0.466. The SMILES string of the molecule is CCN(Cc1ccc(OC)c(F)c1)C(=O)c1cc(C(C)=O)c[nH]1. The van der Waals surface area contributed by atoms with Gasteiger partial charge >= 0.3 is 0 Å². The number of benzene rings is 1. The molecule has 1 aromatic heterocycles. The first-order valence-electron chi connectivity index (χ1n) is 7.27. The van der Waals surface area contributed by atoms with Gasteiger partial charge in [-0.1, -0.05) is 6.07 Å². The van der Waals surface area contributed by atoms with E-state index in [1.165, 1.54) is 38.4 Å². The summed E-state index contributed by atoms with van der Waals surface area (Å²) in [7, 11) is 1.40. The van der Waals surface area contributed by atoms with Crippen LogP contribution in [0, 0.1) is 5.82 Å². The van der Waals surface area contributed by atoms with Crippen LogP contribution in [0.2, 0.25) is 0 Å². The number of carbonyl (C=O) groups excluding carboxylic acids is 2. The van der Waals surface area contributed by atoms with E-state index in [0.29, 0.717) is 23.4 Å². The Morgan fingerprint density at radius 2 is 2.04 bits per heavy atom. The molecule has 1 amide bonds. The van der Waals surface area contributed by atoms with Gasteiger partial charge in [-0.2, -0.15) is 0 Å². The molecule has 0 bridgehead atoms. The number of aromatic amines is 1. The highest BCUT2D eigenvalue weighted by molar-refractivity contribution is 5.99. The first kappa shape index (κ1) is 16.7. The minimum Gasteiger partial charge on any atom is -0.494 e. The van der Waals surface area contributed by atoms with Crippen LogP contribution in [0.1, 0.15) is 40.3 Å². The molecule has 0 unspecified atom stereocenters. The van der Waals surface area contributed by atoms with Gasteiger partial charge in [-0.25, -0.2) is 4.39 Å². The van der Waals surface area contributed by atoms with Gasteiger partial charge in [-0.3, -0.25) is 9.59 Å². The number of methoxy groups -OCH3 is 1. The topological polar surface area (TPSA) is 62.4 Å². The molecule has 0 aliphatic heterocycles. The maximum absolute atomic E-state index is 13.7. The van der Waals surface area contributed by atoms with Crippen LogP contribution in [-0.2, 0) is 6.54 Å². The van der Waals surface area contributed by atoms with Gasteiger partial charge in [0.05, 0.1) is 7.11 Å². The van der Waals surface area contributed by atoms with Gasteiger partial charge < -0.3 is 14.6 Å². The summed E-state index contributed by atoms with van der Waals surface area (Å²) in [5.41, 5.74) is 1.46. The maximum atomic E-state index is 13.7. The number of amides is 1. The number of Topliss-reactive ketones (excluding diaryl/α,β-unsaturated/α-hetero) is 1. The van der Waals surface area contributed by atoms with E-state index in [1.54, 1.807) is 11.0 Å². The third kappa shape index (κ3) is 3.77. The summed E-state index contributed by atoms with van der Waals surface area (Å²) >= 11 is 0. The lowest BCUT2D eigenvalue weighted by atomic mass is 10.2. The largest absolute Gasteiger partial charge is 0.494 e. The maximum Gasteiger partial charge on any atom is 0.270 e. The van der Waals surface area contributed by atoms with Crippen LogP contribution in [0.4, 0.5) is 4.39 Å². The van der Waals surface area contributed by atoms with Crippen LogP contribution in [-0.4, -0.2) is 35.2 Å². The van der Waals surface area contributed by atoms with E-state index in [0.717, 1.165) is 0 Å². The Bertz CT molecular complexity index is 724. The number of aromatic nitrogens is 1. The molecule has 1 N–H and O–H groups in total. The quantitative estimate of drug-likeness (QED) is 0.833. The fourth-order valence-corrected chi connectivity index (χ4v) is 2.25. The number of rotatable bonds is 6. The van der Waals surface area contributed by atoms with Crippen LogP contribution in [0.5, 0.6) is 5.75 Å². The number of nitrogens with zero attached hydrogens (tertiary/aromatic N) is 1. The van der Waals surface area contributed by atoms with Gasteiger partial charge in [0.15, 0.2) is 17.3 Å². The highest BCUT2D eigenvalue weighted by atomic mass is 19.1. The van der Waals surface area contributed by atoms with Crippen molar-refractivity contribution < 1.29 is 18.7 Å². The second-order valence-electron chi connectivity index (χ2n) is 5.15. The molecule has 2 aromatic rings. The summed E-state index contributed by atoms with van der Waals surface area (Å²) in [5, 5.41) is 0. The molecule has 122 valence electrons. The zero-order valence-corrected chi connectivity index (χ0v) is 13.4. The van der Waals surface area contributed by atoms with E-state index in [9.17, 15) is 14.0 Å². The van der Waals surface area contributed by atoms with E-state index in [4.69, 9.17) is 4.74 Å². The molecule has 0 atom stereocenters. The Kier molecular flexibility index (Phi) is 5.16. The normalized spacial score (nSPS) is 10.4. The number of ether oxygens (including phenoxy) is 1. The first-order chi connectivity index (χ1) is 11.0. The van der Waals surface area contributed by atoms with E-state index in [1.807, 2.05) is 6.92 Å². The molecule has 1 heterocycles. The summed E-state index contributed by atoms with van der Waals surface area (Å²) < 4.78 is 18.6.